The fourth-order valence-corrected chi connectivity index (χ4v) is 2.57. The maximum atomic E-state index is 11.1. The Morgan fingerprint density at radius 2 is 1.64 bits per heavy atom. The first kappa shape index (κ1) is 11.0. The molecule has 0 aromatic rings. The molecule has 4 nitrogen and oxygen atoms in total. The van der Waals surface area contributed by atoms with Crippen LogP contribution in [0.2, 0.25) is 0 Å². The smallest absolute Gasteiger partial charge is 0.310 e. The second-order valence-corrected chi connectivity index (χ2v) is 4.98. The van der Waals surface area contributed by atoms with E-state index in [1.165, 1.54) is 6.92 Å². The number of carboxylic acids is 2. The van der Waals surface area contributed by atoms with Gasteiger partial charge in [-0.3, -0.25) is 9.59 Å². The summed E-state index contributed by atoms with van der Waals surface area (Å²) < 4.78 is 0. The third-order valence-electron chi connectivity index (χ3n) is 3.44. The predicted octanol–water partition coefficient (Wildman–Crippen LogP) is 1.60. The first-order chi connectivity index (χ1) is 6.22. The van der Waals surface area contributed by atoms with Crippen molar-refractivity contribution in [1.82, 2.24) is 0 Å². The molecule has 0 aliphatic heterocycles. The van der Waals surface area contributed by atoms with Crippen LogP contribution in [0.15, 0.2) is 0 Å². The van der Waals surface area contributed by atoms with Gasteiger partial charge in [0.05, 0.1) is 11.3 Å². The van der Waals surface area contributed by atoms with E-state index in [4.69, 9.17) is 10.2 Å². The Balaban J connectivity index is 3.13. The highest BCUT2D eigenvalue weighted by atomic mass is 16.4. The molecule has 0 amide bonds. The highest BCUT2D eigenvalue weighted by molar-refractivity contribution is 5.84. The van der Waals surface area contributed by atoms with Crippen molar-refractivity contribution in [1.29, 1.82) is 0 Å². The molecule has 0 aromatic heterocycles. The van der Waals surface area contributed by atoms with Crippen LogP contribution in [0.25, 0.3) is 0 Å². The van der Waals surface area contributed by atoms with Gasteiger partial charge in [0.15, 0.2) is 0 Å². The van der Waals surface area contributed by atoms with Crippen LogP contribution < -0.4 is 0 Å². The van der Waals surface area contributed by atoms with Crippen molar-refractivity contribution in [3.05, 3.63) is 0 Å². The van der Waals surface area contributed by atoms with E-state index in [9.17, 15) is 9.59 Å². The number of hydrogen-bond acceptors (Lipinski definition) is 2. The van der Waals surface area contributed by atoms with E-state index in [0.29, 0.717) is 12.8 Å². The van der Waals surface area contributed by atoms with Crippen molar-refractivity contribution < 1.29 is 19.8 Å². The summed E-state index contributed by atoms with van der Waals surface area (Å²) in [5.74, 6) is -2.81. The standard InChI is InChI=1S/C10H16O4/c1-9(2)4-5-10(3,8(13)14)6(9)7(11)12/h6H,4-5H2,1-3H3,(H,11,12)(H,13,14). The van der Waals surface area contributed by atoms with Crippen LogP contribution in [0.1, 0.15) is 33.6 Å². The van der Waals surface area contributed by atoms with Crippen LogP contribution in [0.4, 0.5) is 0 Å². The Bertz CT molecular complexity index is 282. The zero-order valence-electron chi connectivity index (χ0n) is 8.70. The molecule has 2 N–H and O–H groups in total. The van der Waals surface area contributed by atoms with Crippen molar-refractivity contribution in [2.75, 3.05) is 0 Å². The van der Waals surface area contributed by atoms with Gasteiger partial charge in [0.2, 0.25) is 0 Å². The van der Waals surface area contributed by atoms with E-state index in [1.54, 1.807) is 0 Å². The molecule has 0 saturated heterocycles. The van der Waals surface area contributed by atoms with E-state index >= 15 is 0 Å². The fourth-order valence-electron chi connectivity index (χ4n) is 2.57. The Morgan fingerprint density at radius 1 is 1.14 bits per heavy atom. The lowest BCUT2D eigenvalue weighted by molar-refractivity contribution is -0.162. The van der Waals surface area contributed by atoms with Gasteiger partial charge in [0.1, 0.15) is 0 Å². The Kier molecular flexibility index (Phi) is 2.34. The average Bonchev–Trinajstić information content (AvgIpc) is 2.23. The van der Waals surface area contributed by atoms with Crippen LogP contribution in [-0.2, 0) is 9.59 Å². The van der Waals surface area contributed by atoms with Crippen molar-refractivity contribution in [2.24, 2.45) is 16.7 Å². The molecule has 1 aliphatic rings. The molecule has 1 rings (SSSR count). The van der Waals surface area contributed by atoms with E-state index < -0.39 is 28.7 Å². The number of rotatable bonds is 2. The highest BCUT2D eigenvalue weighted by Crippen LogP contribution is 2.54. The summed E-state index contributed by atoms with van der Waals surface area (Å²) in [5, 5.41) is 18.1. The average molecular weight is 200 g/mol. The first-order valence-electron chi connectivity index (χ1n) is 4.68. The normalized spacial score (nSPS) is 35.5. The molecule has 2 atom stereocenters. The number of aliphatic carboxylic acids is 2. The molecule has 14 heavy (non-hydrogen) atoms. The molecule has 0 heterocycles. The maximum absolute atomic E-state index is 11.1. The minimum absolute atomic E-state index is 0.432. The van der Waals surface area contributed by atoms with Crippen LogP contribution in [0.3, 0.4) is 0 Å². The van der Waals surface area contributed by atoms with Crippen LogP contribution >= 0.6 is 0 Å². The molecule has 1 aliphatic carbocycles. The molecule has 0 aromatic carbocycles. The predicted molar refractivity (Wildman–Crippen MR) is 49.9 cm³/mol. The van der Waals surface area contributed by atoms with Crippen molar-refractivity contribution in [3.8, 4) is 0 Å². The van der Waals surface area contributed by atoms with Gasteiger partial charge in [-0.05, 0) is 25.2 Å². The molecule has 0 spiro atoms. The topological polar surface area (TPSA) is 74.6 Å². The number of carbonyl (C=O) groups is 2. The lowest BCUT2D eigenvalue weighted by atomic mass is 9.71. The third kappa shape index (κ3) is 1.38. The van der Waals surface area contributed by atoms with E-state index in [0.717, 1.165) is 0 Å². The number of carboxylic acid groups (broad SMARTS) is 2. The lowest BCUT2D eigenvalue weighted by Crippen LogP contribution is -2.41. The summed E-state index contributed by atoms with van der Waals surface area (Å²) in [6, 6.07) is 0. The van der Waals surface area contributed by atoms with E-state index in [1.807, 2.05) is 13.8 Å². The number of hydrogen-bond donors (Lipinski definition) is 2. The Morgan fingerprint density at radius 3 is 1.93 bits per heavy atom. The summed E-state index contributed by atoms with van der Waals surface area (Å²) in [6.07, 6.45) is 1.08. The van der Waals surface area contributed by atoms with Gasteiger partial charge in [-0.15, -0.1) is 0 Å². The Hall–Kier alpha value is -1.06. The quantitative estimate of drug-likeness (QED) is 0.710. The molecule has 2 unspecified atom stereocenters. The molecular weight excluding hydrogens is 184 g/mol. The monoisotopic (exact) mass is 200 g/mol. The second-order valence-electron chi connectivity index (χ2n) is 4.98. The SMILES string of the molecule is CC1(C)CCC(C)(C(=O)O)C1C(=O)O. The van der Waals surface area contributed by atoms with Crippen LogP contribution in [-0.4, -0.2) is 22.2 Å². The molecule has 80 valence electrons. The van der Waals surface area contributed by atoms with Crippen molar-refractivity contribution >= 4 is 11.9 Å². The molecular formula is C10H16O4. The molecule has 4 heteroatoms. The lowest BCUT2D eigenvalue weighted by Gasteiger charge is -2.31. The van der Waals surface area contributed by atoms with E-state index in [2.05, 4.69) is 0 Å². The third-order valence-corrected chi connectivity index (χ3v) is 3.44. The minimum atomic E-state index is -1.12. The van der Waals surface area contributed by atoms with Gasteiger partial charge in [-0.2, -0.15) is 0 Å². The van der Waals surface area contributed by atoms with Gasteiger partial charge in [0.25, 0.3) is 0 Å². The summed E-state index contributed by atoms with van der Waals surface area (Å²) in [4.78, 5) is 22.1. The summed E-state index contributed by atoms with van der Waals surface area (Å²) in [6.45, 7) is 5.17. The second kappa shape index (κ2) is 2.97. The summed E-state index contributed by atoms with van der Waals surface area (Å²) >= 11 is 0. The first-order valence-corrected chi connectivity index (χ1v) is 4.68. The molecule has 0 radical (unpaired) electrons. The van der Waals surface area contributed by atoms with Crippen molar-refractivity contribution in [2.45, 2.75) is 33.6 Å². The fraction of sp³-hybridized carbons (Fsp3) is 0.800. The molecule has 1 saturated carbocycles. The van der Waals surface area contributed by atoms with Gasteiger partial charge in [-0.1, -0.05) is 13.8 Å². The van der Waals surface area contributed by atoms with Crippen molar-refractivity contribution in [3.63, 3.8) is 0 Å². The van der Waals surface area contributed by atoms with E-state index in [-0.39, 0.29) is 0 Å². The summed E-state index contributed by atoms with van der Waals surface area (Å²) in [5.41, 5.74) is -1.55. The Labute approximate surface area is 82.9 Å². The van der Waals surface area contributed by atoms with Gasteiger partial charge in [-0.25, -0.2) is 0 Å². The van der Waals surface area contributed by atoms with Gasteiger partial charge < -0.3 is 10.2 Å². The van der Waals surface area contributed by atoms with Crippen LogP contribution in [0.5, 0.6) is 0 Å². The van der Waals surface area contributed by atoms with Gasteiger partial charge >= 0.3 is 11.9 Å². The molecule has 0 bridgehead atoms. The van der Waals surface area contributed by atoms with Crippen LogP contribution in [0, 0.1) is 16.7 Å². The largest absolute Gasteiger partial charge is 0.481 e. The summed E-state index contributed by atoms with van der Waals surface area (Å²) in [7, 11) is 0. The zero-order chi connectivity index (χ0) is 11.1. The molecule has 1 fully saturated rings. The van der Waals surface area contributed by atoms with Gasteiger partial charge in [0, 0.05) is 0 Å². The maximum Gasteiger partial charge on any atom is 0.310 e. The minimum Gasteiger partial charge on any atom is -0.481 e. The zero-order valence-corrected chi connectivity index (χ0v) is 8.70. The highest BCUT2D eigenvalue weighted by Gasteiger charge is 2.57.